The molecule has 0 radical (unpaired) electrons. The summed E-state index contributed by atoms with van der Waals surface area (Å²) in [6.45, 7) is 4.00. The number of benzene rings is 1. The normalized spacial score (nSPS) is 11.3. The highest BCUT2D eigenvalue weighted by Gasteiger charge is 2.00. The highest BCUT2D eigenvalue weighted by molar-refractivity contribution is 5.87. The zero-order valence-electron chi connectivity index (χ0n) is 10.0. The average molecular weight is 235 g/mol. The summed E-state index contributed by atoms with van der Waals surface area (Å²) in [4.78, 5) is 10.8. The third-order valence-electron chi connectivity index (χ3n) is 2.28. The van der Waals surface area contributed by atoms with Crippen molar-refractivity contribution in [2.75, 3.05) is 6.54 Å². The number of hydrogen-bond donors (Lipinski definition) is 3. The minimum Gasteiger partial charge on any atom is -0.504 e. The van der Waals surface area contributed by atoms with E-state index in [2.05, 4.69) is 5.32 Å². The molecule has 0 atom stereocenters. The second-order valence-corrected chi connectivity index (χ2v) is 3.94. The molecule has 0 bridgehead atoms. The van der Waals surface area contributed by atoms with Gasteiger partial charge >= 0.3 is 0 Å². The Morgan fingerprint density at radius 1 is 1.29 bits per heavy atom. The molecule has 0 aliphatic carbocycles. The van der Waals surface area contributed by atoms with Crippen LogP contribution in [0.2, 0.25) is 0 Å². The van der Waals surface area contributed by atoms with Gasteiger partial charge < -0.3 is 15.5 Å². The van der Waals surface area contributed by atoms with Crippen LogP contribution in [-0.4, -0.2) is 22.5 Å². The van der Waals surface area contributed by atoms with Crippen LogP contribution in [0.15, 0.2) is 30.0 Å². The Balaban J connectivity index is 2.46. The van der Waals surface area contributed by atoms with Crippen LogP contribution in [0.5, 0.6) is 11.5 Å². The molecule has 0 saturated carbocycles. The number of carbonyl (C=O) groups is 1. The number of nitrogens with one attached hydrogen (secondary N) is 1. The van der Waals surface area contributed by atoms with Gasteiger partial charge in [0, 0.05) is 12.2 Å². The monoisotopic (exact) mass is 235 g/mol. The standard InChI is InChI=1S/C13H17NO3/c1-9(7-10(2)15)14-6-5-11-3-4-12(16)13(17)8-11/h3-4,7-8,14,16-17H,5-6H2,1-2H3/b9-7+. The number of phenols is 2. The van der Waals surface area contributed by atoms with E-state index in [4.69, 9.17) is 5.11 Å². The molecule has 4 heteroatoms. The molecule has 0 aromatic heterocycles. The number of aromatic hydroxyl groups is 2. The van der Waals surface area contributed by atoms with Crippen LogP contribution in [-0.2, 0) is 11.2 Å². The minimum absolute atomic E-state index is 0.0114. The molecule has 1 rings (SSSR count). The van der Waals surface area contributed by atoms with E-state index in [0.29, 0.717) is 13.0 Å². The van der Waals surface area contributed by atoms with E-state index in [-0.39, 0.29) is 17.3 Å². The lowest BCUT2D eigenvalue weighted by Crippen LogP contribution is -2.15. The Morgan fingerprint density at radius 2 is 2.00 bits per heavy atom. The number of ketones is 1. The van der Waals surface area contributed by atoms with E-state index >= 15 is 0 Å². The third kappa shape index (κ3) is 4.59. The first kappa shape index (κ1) is 13.1. The van der Waals surface area contributed by atoms with Crippen molar-refractivity contribution in [1.82, 2.24) is 5.32 Å². The highest BCUT2D eigenvalue weighted by Crippen LogP contribution is 2.24. The van der Waals surface area contributed by atoms with Gasteiger partial charge in [-0.05, 0) is 44.0 Å². The van der Waals surface area contributed by atoms with Crippen molar-refractivity contribution in [3.8, 4) is 11.5 Å². The van der Waals surface area contributed by atoms with Gasteiger partial charge in [0.1, 0.15) is 0 Å². The molecule has 0 unspecified atom stereocenters. The van der Waals surface area contributed by atoms with Gasteiger partial charge in [-0.3, -0.25) is 4.79 Å². The summed E-state index contributed by atoms with van der Waals surface area (Å²) in [6, 6.07) is 4.74. The molecule has 0 amide bonds. The fourth-order valence-corrected chi connectivity index (χ4v) is 1.48. The minimum atomic E-state index is -0.116. The van der Waals surface area contributed by atoms with Gasteiger partial charge in [-0.25, -0.2) is 0 Å². The van der Waals surface area contributed by atoms with Crippen molar-refractivity contribution in [3.05, 3.63) is 35.5 Å². The van der Waals surface area contributed by atoms with Gasteiger partial charge in [0.2, 0.25) is 0 Å². The SMILES string of the molecule is CC(=O)/C=C(\C)NCCc1ccc(O)c(O)c1. The molecular formula is C13H17NO3. The lowest BCUT2D eigenvalue weighted by Gasteiger charge is -2.07. The average Bonchev–Trinajstić information content (AvgIpc) is 2.22. The summed E-state index contributed by atoms with van der Waals surface area (Å²) in [6.07, 6.45) is 2.24. The Labute approximate surface area is 101 Å². The van der Waals surface area contributed by atoms with E-state index in [9.17, 15) is 9.90 Å². The topological polar surface area (TPSA) is 69.6 Å². The van der Waals surface area contributed by atoms with Crippen LogP contribution in [0.1, 0.15) is 19.4 Å². The summed E-state index contributed by atoms with van der Waals surface area (Å²) in [5, 5.41) is 21.5. The fraction of sp³-hybridized carbons (Fsp3) is 0.308. The summed E-state index contributed by atoms with van der Waals surface area (Å²) in [7, 11) is 0. The second-order valence-electron chi connectivity index (χ2n) is 3.94. The molecule has 1 aromatic carbocycles. The largest absolute Gasteiger partial charge is 0.504 e. The molecule has 0 heterocycles. The molecule has 0 saturated heterocycles. The zero-order chi connectivity index (χ0) is 12.8. The number of carbonyl (C=O) groups excluding carboxylic acids is 1. The van der Waals surface area contributed by atoms with Crippen LogP contribution in [0, 0.1) is 0 Å². The van der Waals surface area contributed by atoms with Gasteiger partial charge in [-0.15, -0.1) is 0 Å². The van der Waals surface area contributed by atoms with Crippen molar-refractivity contribution in [1.29, 1.82) is 0 Å². The molecule has 0 spiro atoms. The predicted octanol–water partition coefficient (Wildman–Crippen LogP) is 1.72. The van der Waals surface area contributed by atoms with Crippen LogP contribution < -0.4 is 5.32 Å². The maximum Gasteiger partial charge on any atom is 0.157 e. The lowest BCUT2D eigenvalue weighted by atomic mass is 10.1. The molecule has 92 valence electrons. The molecule has 17 heavy (non-hydrogen) atoms. The fourth-order valence-electron chi connectivity index (χ4n) is 1.48. The Kier molecular flexibility index (Phi) is 4.57. The van der Waals surface area contributed by atoms with Crippen LogP contribution in [0.4, 0.5) is 0 Å². The van der Waals surface area contributed by atoms with Gasteiger partial charge in [0.15, 0.2) is 17.3 Å². The first-order chi connectivity index (χ1) is 7.99. The smallest absolute Gasteiger partial charge is 0.157 e. The number of hydrogen-bond acceptors (Lipinski definition) is 4. The van der Waals surface area contributed by atoms with Crippen LogP contribution >= 0.6 is 0 Å². The van der Waals surface area contributed by atoms with Crippen molar-refractivity contribution in [3.63, 3.8) is 0 Å². The number of phenolic OH excluding ortho intramolecular Hbond substituents is 2. The van der Waals surface area contributed by atoms with Gasteiger partial charge in [0.25, 0.3) is 0 Å². The molecule has 3 N–H and O–H groups in total. The lowest BCUT2D eigenvalue weighted by molar-refractivity contribution is -0.112. The van der Waals surface area contributed by atoms with Crippen molar-refractivity contribution in [2.24, 2.45) is 0 Å². The van der Waals surface area contributed by atoms with Gasteiger partial charge in [0.05, 0.1) is 0 Å². The predicted molar refractivity (Wildman–Crippen MR) is 65.9 cm³/mol. The van der Waals surface area contributed by atoms with E-state index in [1.807, 2.05) is 6.92 Å². The van der Waals surface area contributed by atoms with E-state index in [1.165, 1.54) is 25.1 Å². The van der Waals surface area contributed by atoms with E-state index in [1.54, 1.807) is 6.07 Å². The second kappa shape index (κ2) is 5.94. The molecule has 4 nitrogen and oxygen atoms in total. The first-order valence-electron chi connectivity index (χ1n) is 5.42. The summed E-state index contributed by atoms with van der Waals surface area (Å²) < 4.78 is 0. The van der Waals surface area contributed by atoms with Crippen LogP contribution in [0.3, 0.4) is 0 Å². The third-order valence-corrected chi connectivity index (χ3v) is 2.28. The van der Waals surface area contributed by atoms with Crippen LogP contribution in [0.25, 0.3) is 0 Å². The van der Waals surface area contributed by atoms with Gasteiger partial charge in [-0.1, -0.05) is 6.07 Å². The quantitative estimate of drug-likeness (QED) is 0.537. The van der Waals surface area contributed by atoms with Crippen molar-refractivity contribution >= 4 is 5.78 Å². The van der Waals surface area contributed by atoms with Crippen molar-refractivity contribution < 1.29 is 15.0 Å². The van der Waals surface area contributed by atoms with E-state index < -0.39 is 0 Å². The maximum atomic E-state index is 10.8. The maximum absolute atomic E-state index is 10.8. The Bertz CT molecular complexity index is 438. The Hall–Kier alpha value is -1.97. The number of rotatable bonds is 5. The molecule has 0 aliphatic heterocycles. The highest BCUT2D eigenvalue weighted by atomic mass is 16.3. The summed E-state index contributed by atoms with van der Waals surface area (Å²) in [5.41, 5.74) is 1.74. The molecule has 0 aliphatic rings. The summed E-state index contributed by atoms with van der Waals surface area (Å²) in [5.74, 6) is -0.217. The Morgan fingerprint density at radius 3 is 2.59 bits per heavy atom. The molecule has 1 aromatic rings. The van der Waals surface area contributed by atoms with Gasteiger partial charge in [-0.2, -0.15) is 0 Å². The molecular weight excluding hydrogens is 218 g/mol. The zero-order valence-corrected chi connectivity index (χ0v) is 10.0. The number of allylic oxidation sites excluding steroid dienone is 2. The summed E-state index contributed by atoms with van der Waals surface area (Å²) >= 11 is 0. The van der Waals surface area contributed by atoms with E-state index in [0.717, 1.165) is 11.3 Å². The first-order valence-corrected chi connectivity index (χ1v) is 5.42. The molecule has 0 fully saturated rings. The van der Waals surface area contributed by atoms with Crippen molar-refractivity contribution in [2.45, 2.75) is 20.3 Å².